The largest absolute Gasteiger partial charge is 0.312 e. The van der Waals surface area contributed by atoms with E-state index in [1.165, 1.54) is 22.9 Å². The highest BCUT2D eigenvalue weighted by molar-refractivity contribution is 5.49. The predicted molar refractivity (Wildman–Crippen MR) is 54.9 cm³/mol. The lowest BCUT2D eigenvalue weighted by Crippen LogP contribution is -2.03. The summed E-state index contributed by atoms with van der Waals surface area (Å²) in [5, 5.41) is 19.6. The van der Waals surface area contributed by atoms with Crippen LogP contribution in [0.25, 0.3) is 5.82 Å². The fourth-order valence-corrected chi connectivity index (χ4v) is 1.37. The normalized spacial score (nSPS) is 9.69. The number of nitrogens with zero attached hydrogens (tertiary/aromatic N) is 4. The lowest BCUT2D eigenvalue weighted by Gasteiger charge is -2.03. The molecule has 2 aromatic heterocycles. The van der Waals surface area contributed by atoms with E-state index in [9.17, 15) is 10.1 Å². The summed E-state index contributed by atoms with van der Waals surface area (Å²) in [6, 6.07) is 7.98. The Bertz CT molecular complexity index is 583. The monoisotopic (exact) mass is 214 g/mol. The van der Waals surface area contributed by atoms with Gasteiger partial charge >= 0.3 is 5.69 Å². The van der Waals surface area contributed by atoms with Gasteiger partial charge in [0.2, 0.25) is 5.82 Å². The molecule has 0 fully saturated rings. The first-order valence-corrected chi connectivity index (χ1v) is 4.41. The number of nitro groups is 1. The average molecular weight is 214 g/mol. The van der Waals surface area contributed by atoms with E-state index in [0.29, 0.717) is 5.69 Å². The Morgan fingerprint density at radius 1 is 1.44 bits per heavy atom. The van der Waals surface area contributed by atoms with Crippen LogP contribution in [0.5, 0.6) is 0 Å². The second-order valence-electron chi connectivity index (χ2n) is 2.98. The first-order valence-electron chi connectivity index (χ1n) is 4.41. The van der Waals surface area contributed by atoms with Gasteiger partial charge in [-0.15, -0.1) is 0 Å². The highest BCUT2D eigenvalue weighted by Crippen LogP contribution is 2.21. The van der Waals surface area contributed by atoms with Crippen LogP contribution < -0.4 is 0 Å². The minimum absolute atomic E-state index is 0.129. The van der Waals surface area contributed by atoms with Gasteiger partial charge in [0.05, 0.1) is 4.92 Å². The van der Waals surface area contributed by atoms with Crippen molar-refractivity contribution >= 4 is 5.69 Å². The summed E-state index contributed by atoms with van der Waals surface area (Å²) in [4.78, 5) is 14.2. The molecule has 2 heterocycles. The lowest BCUT2D eigenvalue weighted by atomic mass is 10.4. The number of nitriles is 1. The lowest BCUT2D eigenvalue weighted by molar-refractivity contribution is -0.384. The first-order chi connectivity index (χ1) is 7.74. The van der Waals surface area contributed by atoms with Crippen molar-refractivity contribution in [1.82, 2.24) is 9.55 Å². The van der Waals surface area contributed by atoms with Crippen LogP contribution in [-0.2, 0) is 0 Å². The summed E-state index contributed by atoms with van der Waals surface area (Å²) in [6.45, 7) is 0. The topological polar surface area (TPSA) is 84.8 Å². The summed E-state index contributed by atoms with van der Waals surface area (Å²) in [5.41, 5.74) is 0.178. The highest BCUT2D eigenvalue weighted by atomic mass is 16.6. The Morgan fingerprint density at radius 3 is 2.94 bits per heavy atom. The van der Waals surface area contributed by atoms with Crippen molar-refractivity contribution in [3.05, 3.63) is 52.5 Å². The average Bonchev–Trinajstić information content (AvgIpc) is 2.76. The summed E-state index contributed by atoms with van der Waals surface area (Å²) in [5.74, 6) is 0.147. The minimum Gasteiger partial charge on any atom is -0.287 e. The zero-order valence-corrected chi connectivity index (χ0v) is 8.07. The van der Waals surface area contributed by atoms with Gasteiger partial charge in [-0.3, -0.25) is 14.7 Å². The number of pyridine rings is 1. The van der Waals surface area contributed by atoms with E-state index in [-0.39, 0.29) is 11.5 Å². The molecule has 2 rings (SSSR count). The van der Waals surface area contributed by atoms with Crippen LogP contribution in [0.2, 0.25) is 0 Å². The molecule has 0 aliphatic rings. The number of aromatic nitrogens is 2. The predicted octanol–water partition coefficient (Wildman–Crippen LogP) is 1.65. The van der Waals surface area contributed by atoms with Crippen molar-refractivity contribution in [2.24, 2.45) is 0 Å². The van der Waals surface area contributed by atoms with Gasteiger partial charge < -0.3 is 0 Å². The molecule has 0 unspecified atom stereocenters. The van der Waals surface area contributed by atoms with Crippen molar-refractivity contribution in [2.45, 2.75) is 0 Å². The van der Waals surface area contributed by atoms with Crippen molar-refractivity contribution in [2.75, 3.05) is 0 Å². The van der Waals surface area contributed by atoms with Gasteiger partial charge in [-0.25, -0.2) is 4.98 Å². The van der Waals surface area contributed by atoms with E-state index in [0.717, 1.165) is 0 Å². The van der Waals surface area contributed by atoms with E-state index in [4.69, 9.17) is 5.26 Å². The first kappa shape index (κ1) is 9.86. The maximum Gasteiger partial charge on any atom is 0.312 e. The van der Waals surface area contributed by atoms with Crippen LogP contribution >= 0.6 is 0 Å². The second-order valence-corrected chi connectivity index (χ2v) is 2.98. The van der Waals surface area contributed by atoms with Crippen LogP contribution in [0.15, 0.2) is 36.7 Å². The summed E-state index contributed by atoms with van der Waals surface area (Å²) >= 11 is 0. The van der Waals surface area contributed by atoms with Crippen LogP contribution in [0.1, 0.15) is 5.69 Å². The maximum atomic E-state index is 10.8. The molecule has 0 saturated carbocycles. The Morgan fingerprint density at radius 2 is 2.25 bits per heavy atom. The quantitative estimate of drug-likeness (QED) is 0.562. The van der Waals surface area contributed by atoms with E-state index in [1.807, 2.05) is 6.07 Å². The molecule has 78 valence electrons. The number of rotatable bonds is 2. The van der Waals surface area contributed by atoms with E-state index < -0.39 is 4.92 Å². The van der Waals surface area contributed by atoms with Crippen molar-refractivity contribution in [1.29, 1.82) is 5.26 Å². The molecule has 16 heavy (non-hydrogen) atoms. The molecule has 0 N–H and O–H groups in total. The third-order valence-corrected chi connectivity index (χ3v) is 2.05. The maximum absolute atomic E-state index is 10.8. The van der Waals surface area contributed by atoms with Crippen molar-refractivity contribution in [3.8, 4) is 11.9 Å². The van der Waals surface area contributed by atoms with Gasteiger partial charge in [-0.2, -0.15) is 5.26 Å². The molecule has 6 heteroatoms. The third kappa shape index (κ3) is 1.50. The van der Waals surface area contributed by atoms with E-state index in [2.05, 4.69) is 4.98 Å². The summed E-state index contributed by atoms with van der Waals surface area (Å²) < 4.78 is 1.39. The van der Waals surface area contributed by atoms with Gasteiger partial charge in [0.25, 0.3) is 0 Å². The molecule has 0 aliphatic carbocycles. The third-order valence-electron chi connectivity index (χ3n) is 2.05. The SMILES string of the molecule is N#Cc1cccn1-c1ncccc1[N+](=O)[O-]. The Balaban J connectivity index is 2.66. The molecule has 0 bridgehead atoms. The fraction of sp³-hybridized carbons (Fsp3) is 0. The summed E-state index contributed by atoms with van der Waals surface area (Å²) in [7, 11) is 0. The minimum atomic E-state index is -0.524. The molecule has 0 saturated heterocycles. The van der Waals surface area contributed by atoms with Gasteiger partial charge in [0, 0.05) is 18.5 Å². The van der Waals surface area contributed by atoms with Gasteiger partial charge in [0.1, 0.15) is 11.8 Å². The highest BCUT2D eigenvalue weighted by Gasteiger charge is 2.17. The number of hydrogen-bond acceptors (Lipinski definition) is 4. The Kier molecular flexibility index (Phi) is 2.36. The van der Waals surface area contributed by atoms with E-state index >= 15 is 0 Å². The number of hydrogen-bond donors (Lipinski definition) is 0. The van der Waals surface area contributed by atoms with Crippen LogP contribution in [0.4, 0.5) is 5.69 Å². The standard InChI is InChI=1S/C10H6N4O2/c11-7-8-3-2-6-13(8)10-9(14(15)16)4-1-5-12-10/h1-6H. The van der Waals surface area contributed by atoms with Crippen molar-refractivity contribution in [3.63, 3.8) is 0 Å². The molecular weight excluding hydrogens is 208 g/mol. The summed E-state index contributed by atoms with van der Waals surface area (Å²) in [6.07, 6.45) is 3.01. The molecule has 0 amide bonds. The molecule has 0 radical (unpaired) electrons. The van der Waals surface area contributed by atoms with Gasteiger partial charge in [-0.05, 0) is 18.2 Å². The Hall–Kier alpha value is -2.68. The van der Waals surface area contributed by atoms with Gasteiger partial charge in [0.15, 0.2) is 0 Å². The smallest absolute Gasteiger partial charge is 0.287 e. The Labute approximate surface area is 90.5 Å². The molecule has 0 aliphatic heterocycles. The fourth-order valence-electron chi connectivity index (χ4n) is 1.37. The molecule has 2 aromatic rings. The zero-order valence-electron chi connectivity index (χ0n) is 8.07. The van der Waals surface area contributed by atoms with Crippen LogP contribution in [0.3, 0.4) is 0 Å². The molecule has 6 nitrogen and oxygen atoms in total. The van der Waals surface area contributed by atoms with Crippen LogP contribution in [-0.4, -0.2) is 14.5 Å². The second kappa shape index (κ2) is 3.82. The molecule has 0 aromatic carbocycles. The molecular formula is C10H6N4O2. The van der Waals surface area contributed by atoms with Gasteiger partial charge in [-0.1, -0.05) is 0 Å². The molecule has 0 spiro atoms. The van der Waals surface area contributed by atoms with Crippen LogP contribution in [0, 0.1) is 21.4 Å². The van der Waals surface area contributed by atoms with Crippen molar-refractivity contribution < 1.29 is 4.92 Å². The van der Waals surface area contributed by atoms with E-state index in [1.54, 1.807) is 18.3 Å². The molecule has 0 atom stereocenters. The zero-order chi connectivity index (χ0) is 11.5.